The molecule has 0 aromatic heterocycles. The van der Waals surface area contributed by atoms with Crippen LogP contribution in [0.5, 0.6) is 11.5 Å². The molecule has 1 N–H and O–H groups in total. The van der Waals surface area contributed by atoms with Crippen molar-refractivity contribution in [2.45, 2.75) is 24.3 Å². The molecule has 0 saturated heterocycles. The highest BCUT2D eigenvalue weighted by atomic mass is 32.2. The predicted molar refractivity (Wildman–Crippen MR) is 84.7 cm³/mol. The molecule has 1 aromatic carbocycles. The second kappa shape index (κ2) is 6.75. The number of hydrogen-bond acceptors (Lipinski definition) is 4. The first kappa shape index (κ1) is 14.9. The molecule has 0 radical (unpaired) electrons. The molecule has 1 aliphatic rings. The molecule has 108 valence electrons. The van der Waals surface area contributed by atoms with Crippen LogP contribution in [0, 0.1) is 0 Å². The van der Waals surface area contributed by atoms with Gasteiger partial charge >= 0.3 is 0 Å². The van der Waals surface area contributed by atoms with Gasteiger partial charge in [-0.2, -0.15) is 0 Å². The van der Waals surface area contributed by atoms with Crippen LogP contribution in [0.1, 0.15) is 24.9 Å². The first-order valence-electron chi connectivity index (χ1n) is 6.66. The van der Waals surface area contributed by atoms with Crippen molar-refractivity contribution in [1.82, 2.24) is 5.32 Å². The van der Waals surface area contributed by atoms with Crippen molar-refractivity contribution in [2.75, 3.05) is 20.5 Å². The number of rotatable bonds is 5. The number of ether oxygens (including phenoxy) is 2. The largest absolute Gasteiger partial charge is 0.495 e. The van der Waals surface area contributed by atoms with Gasteiger partial charge in [0.2, 0.25) is 0 Å². The molecule has 1 unspecified atom stereocenters. The highest BCUT2D eigenvalue weighted by molar-refractivity contribution is 7.98. The number of benzene rings is 1. The van der Waals surface area contributed by atoms with Gasteiger partial charge in [-0.25, -0.2) is 0 Å². The maximum Gasteiger partial charge on any atom is 0.136 e. The molecular weight excluding hydrogens is 270 g/mol. The Labute approximate surface area is 125 Å². The van der Waals surface area contributed by atoms with Crippen LogP contribution in [0.4, 0.5) is 0 Å². The topological polar surface area (TPSA) is 30.5 Å². The Morgan fingerprint density at radius 3 is 2.35 bits per heavy atom. The highest BCUT2D eigenvalue weighted by Gasteiger charge is 2.17. The molecule has 2 rings (SSSR count). The summed E-state index contributed by atoms with van der Waals surface area (Å²) in [5.41, 5.74) is 2.48. The Bertz CT molecular complexity index is 512. The lowest BCUT2D eigenvalue weighted by Gasteiger charge is -2.21. The summed E-state index contributed by atoms with van der Waals surface area (Å²) in [6.07, 6.45) is 9.42. The first-order valence-corrected chi connectivity index (χ1v) is 7.89. The van der Waals surface area contributed by atoms with Crippen molar-refractivity contribution < 1.29 is 9.47 Å². The molecule has 3 nitrogen and oxygen atoms in total. The summed E-state index contributed by atoms with van der Waals surface area (Å²) in [7, 11) is 3.39. The van der Waals surface area contributed by atoms with Crippen LogP contribution in [0.2, 0.25) is 0 Å². The van der Waals surface area contributed by atoms with E-state index in [-0.39, 0.29) is 6.04 Å². The molecule has 0 fully saturated rings. The second-order valence-corrected chi connectivity index (χ2v) is 5.35. The lowest BCUT2D eigenvalue weighted by molar-refractivity contribution is 0.375. The Kier molecular flexibility index (Phi) is 5.01. The van der Waals surface area contributed by atoms with Crippen LogP contribution in [-0.2, 0) is 0 Å². The summed E-state index contributed by atoms with van der Waals surface area (Å²) in [5, 5.41) is 3.36. The average Bonchev–Trinajstić information content (AvgIpc) is 2.53. The van der Waals surface area contributed by atoms with Crippen molar-refractivity contribution in [3.05, 3.63) is 41.6 Å². The van der Waals surface area contributed by atoms with Gasteiger partial charge in [0.25, 0.3) is 0 Å². The molecule has 1 aliphatic heterocycles. The number of allylic oxidation sites excluding steroid dienone is 2. The number of hydrogen-bond donors (Lipinski definition) is 1. The van der Waals surface area contributed by atoms with Crippen molar-refractivity contribution >= 4 is 11.8 Å². The van der Waals surface area contributed by atoms with E-state index in [9.17, 15) is 0 Å². The SMILES string of the molecule is CCC1=CC(c2cc(OC)c(SC)c(OC)c2)NC=C1. The molecule has 0 amide bonds. The Morgan fingerprint density at radius 1 is 1.20 bits per heavy atom. The third-order valence-corrected chi connectivity index (χ3v) is 4.22. The third kappa shape index (κ3) is 2.96. The smallest absolute Gasteiger partial charge is 0.136 e. The van der Waals surface area contributed by atoms with Crippen molar-refractivity contribution in [3.63, 3.8) is 0 Å². The fourth-order valence-corrected chi connectivity index (χ4v) is 2.97. The third-order valence-electron chi connectivity index (χ3n) is 3.41. The molecule has 4 heteroatoms. The zero-order chi connectivity index (χ0) is 14.5. The summed E-state index contributed by atoms with van der Waals surface area (Å²) in [4.78, 5) is 1.03. The second-order valence-electron chi connectivity index (χ2n) is 4.53. The number of dihydropyridines is 1. The van der Waals surface area contributed by atoms with Crippen LogP contribution >= 0.6 is 11.8 Å². The van der Waals surface area contributed by atoms with Crippen LogP contribution in [0.15, 0.2) is 41.0 Å². The summed E-state index contributed by atoms with van der Waals surface area (Å²) in [6, 6.07) is 4.32. The van der Waals surface area contributed by atoms with E-state index in [4.69, 9.17) is 9.47 Å². The van der Waals surface area contributed by atoms with Crippen LogP contribution in [0.25, 0.3) is 0 Å². The van der Waals surface area contributed by atoms with Crippen LogP contribution in [-0.4, -0.2) is 20.5 Å². The summed E-state index contributed by atoms with van der Waals surface area (Å²) in [6.45, 7) is 2.16. The molecule has 0 bridgehead atoms. The zero-order valence-electron chi connectivity index (χ0n) is 12.4. The fraction of sp³-hybridized carbons (Fsp3) is 0.375. The van der Waals surface area contributed by atoms with Gasteiger partial charge < -0.3 is 14.8 Å². The minimum atomic E-state index is 0.161. The maximum absolute atomic E-state index is 5.50. The normalized spacial score (nSPS) is 17.4. The highest BCUT2D eigenvalue weighted by Crippen LogP contribution is 2.39. The summed E-state index contributed by atoms with van der Waals surface area (Å²) >= 11 is 1.63. The van der Waals surface area contributed by atoms with E-state index in [2.05, 4.69) is 36.5 Å². The quantitative estimate of drug-likeness (QED) is 0.833. The molecule has 0 saturated carbocycles. The zero-order valence-corrected chi connectivity index (χ0v) is 13.2. The lowest BCUT2D eigenvalue weighted by Crippen LogP contribution is -2.16. The van der Waals surface area contributed by atoms with Gasteiger partial charge in [-0.05, 0) is 48.2 Å². The number of nitrogens with one attached hydrogen (secondary N) is 1. The van der Waals surface area contributed by atoms with Gasteiger partial charge in [-0.15, -0.1) is 11.8 Å². The van der Waals surface area contributed by atoms with E-state index < -0.39 is 0 Å². The number of thioether (sulfide) groups is 1. The molecule has 1 aromatic rings. The Hall–Kier alpha value is -1.55. The molecule has 0 aliphatic carbocycles. The van der Waals surface area contributed by atoms with Gasteiger partial charge in [0.1, 0.15) is 11.5 Å². The van der Waals surface area contributed by atoms with Crippen LogP contribution < -0.4 is 14.8 Å². The van der Waals surface area contributed by atoms with Crippen LogP contribution in [0.3, 0.4) is 0 Å². The van der Waals surface area contributed by atoms with Gasteiger partial charge in [0.15, 0.2) is 0 Å². The van der Waals surface area contributed by atoms with Gasteiger partial charge in [0.05, 0.1) is 25.2 Å². The summed E-state index contributed by atoms with van der Waals surface area (Å²) < 4.78 is 11.0. The minimum Gasteiger partial charge on any atom is -0.495 e. The van der Waals surface area contributed by atoms with Gasteiger partial charge in [-0.1, -0.05) is 13.0 Å². The maximum atomic E-state index is 5.50. The Morgan fingerprint density at radius 2 is 1.85 bits per heavy atom. The van der Waals surface area contributed by atoms with Gasteiger partial charge in [0, 0.05) is 0 Å². The van der Waals surface area contributed by atoms with E-state index in [1.807, 2.05) is 12.5 Å². The standard InChI is InChI=1S/C16H21NO2S/c1-5-11-6-7-17-13(8-11)12-9-14(18-2)16(20-4)15(10-12)19-3/h6-10,13,17H,5H2,1-4H3. The van der Waals surface area contributed by atoms with Crippen molar-refractivity contribution in [3.8, 4) is 11.5 Å². The van der Waals surface area contributed by atoms with Crippen molar-refractivity contribution in [1.29, 1.82) is 0 Å². The molecule has 20 heavy (non-hydrogen) atoms. The van der Waals surface area contributed by atoms with E-state index in [0.717, 1.165) is 28.4 Å². The first-order chi connectivity index (χ1) is 9.73. The van der Waals surface area contributed by atoms with Crippen molar-refractivity contribution in [2.24, 2.45) is 0 Å². The molecular formula is C16H21NO2S. The Balaban J connectivity index is 2.42. The van der Waals surface area contributed by atoms with Gasteiger partial charge in [-0.3, -0.25) is 0 Å². The number of methoxy groups -OCH3 is 2. The van der Waals surface area contributed by atoms with E-state index in [1.165, 1.54) is 5.57 Å². The molecule has 1 atom stereocenters. The van der Waals surface area contributed by atoms with E-state index >= 15 is 0 Å². The average molecular weight is 291 g/mol. The van der Waals surface area contributed by atoms with E-state index in [1.54, 1.807) is 26.0 Å². The molecule has 1 heterocycles. The van der Waals surface area contributed by atoms with E-state index in [0.29, 0.717) is 0 Å². The fourth-order valence-electron chi connectivity index (χ4n) is 2.29. The molecule has 0 spiro atoms. The monoisotopic (exact) mass is 291 g/mol. The predicted octanol–water partition coefficient (Wildman–Crippen LogP) is 3.92. The minimum absolute atomic E-state index is 0.161. The summed E-state index contributed by atoms with van der Waals surface area (Å²) in [5.74, 6) is 1.71. The lowest BCUT2D eigenvalue weighted by atomic mass is 10.00.